The van der Waals surface area contributed by atoms with Gasteiger partial charge in [0, 0.05) is 5.57 Å². The van der Waals surface area contributed by atoms with E-state index < -0.39 is 46.1 Å². The molecule has 0 N–H and O–H groups in total. The maximum atomic E-state index is 14.1. The maximum absolute atomic E-state index is 14.1. The lowest BCUT2D eigenvalue weighted by atomic mass is 9.76. The number of halogens is 7. The molecule has 0 heterocycles. The van der Waals surface area contributed by atoms with Crippen LogP contribution in [0.1, 0.15) is 20.8 Å². The number of rotatable bonds is 2. The molecule has 126 valence electrons. The number of hydrogen-bond donors (Lipinski definition) is 0. The monoisotopic (exact) mass is 335 g/mol. The van der Waals surface area contributed by atoms with Crippen LogP contribution in [0.2, 0.25) is 0 Å². The van der Waals surface area contributed by atoms with Crippen LogP contribution < -0.4 is 0 Å². The van der Waals surface area contributed by atoms with E-state index in [9.17, 15) is 40.8 Å². The standard InChI is InChI=1S/C12H12F7NO2/c1-5-4-8(9(20(21)22)7(3)6(5)2)10(13,11(14,15)16)12(17,18)19/h4-6H,1-3H3. The zero-order valence-corrected chi connectivity index (χ0v) is 11.6. The summed E-state index contributed by atoms with van der Waals surface area (Å²) in [5, 5.41) is 10.9. The first-order chi connectivity index (χ1) is 9.66. The fourth-order valence-electron chi connectivity index (χ4n) is 2.30. The molecule has 0 amide bonds. The molecule has 0 fully saturated rings. The Hall–Kier alpha value is -1.61. The van der Waals surface area contributed by atoms with Crippen molar-refractivity contribution in [3.05, 3.63) is 33.0 Å². The average Bonchev–Trinajstić information content (AvgIpc) is 2.30. The van der Waals surface area contributed by atoms with Gasteiger partial charge in [-0.25, -0.2) is 4.39 Å². The molecule has 0 aliphatic heterocycles. The molecule has 0 saturated carbocycles. The van der Waals surface area contributed by atoms with Crippen molar-refractivity contribution in [1.82, 2.24) is 0 Å². The molecule has 0 bridgehead atoms. The van der Waals surface area contributed by atoms with E-state index in [0.29, 0.717) is 6.08 Å². The van der Waals surface area contributed by atoms with Crippen LogP contribution in [0.15, 0.2) is 22.9 Å². The molecule has 22 heavy (non-hydrogen) atoms. The van der Waals surface area contributed by atoms with Crippen molar-refractivity contribution in [1.29, 1.82) is 0 Å². The third-order valence-electron chi connectivity index (χ3n) is 3.86. The van der Waals surface area contributed by atoms with E-state index in [0.717, 1.165) is 6.92 Å². The van der Waals surface area contributed by atoms with Gasteiger partial charge in [0.1, 0.15) is 0 Å². The highest BCUT2D eigenvalue weighted by atomic mass is 19.4. The summed E-state index contributed by atoms with van der Waals surface area (Å²) >= 11 is 0. The van der Waals surface area contributed by atoms with Crippen molar-refractivity contribution in [3.8, 4) is 0 Å². The lowest BCUT2D eigenvalue weighted by molar-refractivity contribution is -0.429. The molecule has 0 aromatic rings. The number of nitrogens with zero attached hydrogens (tertiary/aromatic N) is 1. The highest BCUT2D eigenvalue weighted by Gasteiger charge is 2.76. The van der Waals surface area contributed by atoms with Crippen LogP contribution in [0.4, 0.5) is 30.7 Å². The van der Waals surface area contributed by atoms with E-state index in [-0.39, 0.29) is 5.57 Å². The van der Waals surface area contributed by atoms with Gasteiger partial charge in [-0.05, 0) is 18.8 Å². The Bertz CT molecular complexity index is 531. The Labute approximate surface area is 120 Å². The number of hydrogen-bond acceptors (Lipinski definition) is 2. The van der Waals surface area contributed by atoms with Gasteiger partial charge in [-0.2, -0.15) is 26.3 Å². The van der Waals surface area contributed by atoms with Crippen LogP contribution in [0.5, 0.6) is 0 Å². The summed E-state index contributed by atoms with van der Waals surface area (Å²) in [6.45, 7) is 3.69. The van der Waals surface area contributed by atoms with Gasteiger partial charge in [0.2, 0.25) is 0 Å². The fraction of sp³-hybridized carbons (Fsp3) is 0.667. The van der Waals surface area contributed by atoms with Gasteiger partial charge in [-0.15, -0.1) is 0 Å². The Morgan fingerprint density at radius 1 is 1.05 bits per heavy atom. The smallest absolute Gasteiger partial charge is 0.258 e. The highest BCUT2D eigenvalue weighted by Crippen LogP contribution is 2.54. The first-order valence-electron chi connectivity index (χ1n) is 6.06. The summed E-state index contributed by atoms with van der Waals surface area (Å²) in [5.41, 5.74) is -9.59. The summed E-state index contributed by atoms with van der Waals surface area (Å²) in [4.78, 5) is 9.53. The molecular formula is C12H12F7NO2. The Morgan fingerprint density at radius 3 is 1.77 bits per heavy atom. The van der Waals surface area contributed by atoms with Gasteiger partial charge in [0.05, 0.1) is 10.5 Å². The van der Waals surface area contributed by atoms with Crippen molar-refractivity contribution < 1.29 is 35.7 Å². The molecule has 2 unspecified atom stereocenters. The van der Waals surface area contributed by atoms with Crippen molar-refractivity contribution in [2.45, 2.75) is 38.8 Å². The van der Waals surface area contributed by atoms with Gasteiger partial charge in [0.15, 0.2) is 0 Å². The van der Waals surface area contributed by atoms with E-state index in [1.54, 1.807) is 0 Å². The zero-order valence-electron chi connectivity index (χ0n) is 11.6. The summed E-state index contributed by atoms with van der Waals surface area (Å²) in [7, 11) is 0. The number of alkyl halides is 7. The van der Waals surface area contributed by atoms with Crippen LogP contribution >= 0.6 is 0 Å². The van der Waals surface area contributed by atoms with Crippen LogP contribution in [0.3, 0.4) is 0 Å². The summed E-state index contributed by atoms with van der Waals surface area (Å²) in [6, 6.07) is 0. The third-order valence-corrected chi connectivity index (χ3v) is 3.86. The molecule has 0 saturated heterocycles. The van der Waals surface area contributed by atoms with E-state index in [4.69, 9.17) is 0 Å². The summed E-state index contributed by atoms with van der Waals surface area (Å²) in [5.74, 6) is -1.60. The predicted molar refractivity (Wildman–Crippen MR) is 62.1 cm³/mol. The lowest BCUT2D eigenvalue weighted by Crippen LogP contribution is -2.56. The second-order valence-electron chi connectivity index (χ2n) is 5.17. The largest absolute Gasteiger partial charge is 0.436 e. The number of nitro groups is 1. The van der Waals surface area contributed by atoms with Gasteiger partial charge >= 0.3 is 18.0 Å². The van der Waals surface area contributed by atoms with Crippen molar-refractivity contribution >= 4 is 0 Å². The molecule has 0 spiro atoms. The van der Waals surface area contributed by atoms with Gasteiger partial charge in [-0.3, -0.25) is 10.1 Å². The van der Waals surface area contributed by atoms with Gasteiger partial charge in [0.25, 0.3) is 5.70 Å². The van der Waals surface area contributed by atoms with Crippen molar-refractivity contribution in [2.24, 2.45) is 11.8 Å². The van der Waals surface area contributed by atoms with Crippen LogP contribution in [-0.2, 0) is 0 Å². The zero-order chi connectivity index (χ0) is 17.7. The van der Waals surface area contributed by atoms with Crippen LogP contribution in [0, 0.1) is 22.0 Å². The van der Waals surface area contributed by atoms with E-state index in [2.05, 4.69) is 0 Å². The van der Waals surface area contributed by atoms with Crippen molar-refractivity contribution in [2.75, 3.05) is 0 Å². The summed E-state index contributed by atoms with van der Waals surface area (Å²) < 4.78 is 90.9. The first-order valence-corrected chi connectivity index (χ1v) is 6.06. The molecule has 3 nitrogen and oxygen atoms in total. The van der Waals surface area contributed by atoms with E-state index in [1.165, 1.54) is 13.8 Å². The minimum atomic E-state index is -6.38. The second-order valence-corrected chi connectivity index (χ2v) is 5.17. The number of allylic oxidation sites excluding steroid dienone is 3. The first kappa shape index (κ1) is 18.4. The second kappa shape index (κ2) is 5.24. The van der Waals surface area contributed by atoms with E-state index in [1.807, 2.05) is 0 Å². The van der Waals surface area contributed by atoms with Gasteiger partial charge in [-0.1, -0.05) is 19.9 Å². The summed E-state index contributed by atoms with van der Waals surface area (Å²) in [6.07, 6.45) is -12.4. The van der Waals surface area contributed by atoms with E-state index >= 15 is 0 Å². The highest BCUT2D eigenvalue weighted by molar-refractivity contribution is 5.44. The molecule has 1 aliphatic rings. The molecular weight excluding hydrogens is 323 g/mol. The molecule has 0 radical (unpaired) electrons. The SMILES string of the molecule is CC1=C([N+](=O)[O-])C(C(F)(C(F)(F)F)C(F)(F)F)=CC(C)C1C. The third kappa shape index (κ3) is 2.58. The molecule has 0 aromatic carbocycles. The predicted octanol–water partition coefficient (Wildman–Crippen LogP) is 4.58. The average molecular weight is 335 g/mol. The molecule has 1 aliphatic carbocycles. The van der Waals surface area contributed by atoms with Crippen LogP contribution in [-0.4, -0.2) is 22.9 Å². The fourth-order valence-corrected chi connectivity index (χ4v) is 2.30. The molecule has 1 rings (SSSR count). The normalized spacial score (nSPS) is 24.4. The Morgan fingerprint density at radius 2 is 1.45 bits per heavy atom. The molecule has 0 aromatic heterocycles. The van der Waals surface area contributed by atoms with Gasteiger partial charge < -0.3 is 0 Å². The minimum absolute atomic E-state index is 0.328. The minimum Gasteiger partial charge on any atom is -0.258 e. The van der Waals surface area contributed by atoms with Crippen LogP contribution in [0.25, 0.3) is 0 Å². The topological polar surface area (TPSA) is 43.1 Å². The Balaban J connectivity index is 3.75. The molecule has 10 heteroatoms. The molecule has 2 atom stereocenters. The Kier molecular flexibility index (Phi) is 4.39. The quantitative estimate of drug-likeness (QED) is 0.421. The maximum Gasteiger partial charge on any atom is 0.436 e. The lowest BCUT2D eigenvalue weighted by Gasteiger charge is -2.34. The van der Waals surface area contributed by atoms with Crippen molar-refractivity contribution in [3.63, 3.8) is 0 Å².